The molecule has 0 fully saturated rings. The average molecular weight is 256 g/mol. The van der Waals surface area contributed by atoms with E-state index in [1.54, 1.807) is 0 Å². The van der Waals surface area contributed by atoms with Crippen molar-refractivity contribution in [3.05, 3.63) is 30.2 Å². The van der Waals surface area contributed by atoms with Gasteiger partial charge in [-0.25, -0.2) is 9.97 Å². The van der Waals surface area contributed by atoms with Crippen molar-refractivity contribution in [1.82, 2.24) is 9.97 Å². The summed E-state index contributed by atoms with van der Waals surface area (Å²) in [4.78, 5) is 8.11. The molecule has 96 valence electrons. The molecule has 0 aliphatic carbocycles. The molecule has 0 bridgehead atoms. The van der Waals surface area contributed by atoms with Crippen LogP contribution in [0.25, 0.3) is 10.9 Å². The van der Waals surface area contributed by atoms with Gasteiger partial charge in [0.25, 0.3) is 0 Å². The molecule has 18 heavy (non-hydrogen) atoms. The van der Waals surface area contributed by atoms with Gasteiger partial charge in [0, 0.05) is 5.39 Å². The third-order valence-corrected chi connectivity index (χ3v) is 2.42. The summed E-state index contributed by atoms with van der Waals surface area (Å²) in [7, 11) is 0. The summed E-state index contributed by atoms with van der Waals surface area (Å²) in [5.74, 6) is -0.164. The first-order valence-electron chi connectivity index (χ1n) is 5.37. The van der Waals surface area contributed by atoms with Gasteiger partial charge in [0.1, 0.15) is 12.1 Å². The van der Waals surface area contributed by atoms with Crippen molar-refractivity contribution in [1.29, 1.82) is 0 Å². The van der Waals surface area contributed by atoms with E-state index in [1.807, 2.05) is 13.8 Å². The van der Waals surface area contributed by atoms with Gasteiger partial charge in [-0.05, 0) is 24.1 Å². The topological polar surface area (TPSA) is 35.0 Å². The molecule has 0 N–H and O–H groups in total. The Kier molecular flexibility index (Phi) is 3.11. The number of hydrogen-bond acceptors (Lipinski definition) is 3. The van der Waals surface area contributed by atoms with E-state index in [0.29, 0.717) is 16.6 Å². The van der Waals surface area contributed by atoms with E-state index < -0.39 is 6.36 Å². The fraction of sp³-hybridized carbons (Fsp3) is 0.333. The smallest absolute Gasteiger partial charge is 0.406 e. The lowest BCUT2D eigenvalue weighted by atomic mass is 10.0. The Hall–Kier alpha value is -1.85. The van der Waals surface area contributed by atoms with Crippen molar-refractivity contribution in [2.75, 3.05) is 0 Å². The number of hydrogen-bond donors (Lipinski definition) is 0. The minimum Gasteiger partial charge on any atom is -0.406 e. The Balaban J connectivity index is 2.52. The highest BCUT2D eigenvalue weighted by Crippen LogP contribution is 2.28. The second-order valence-corrected chi connectivity index (χ2v) is 4.14. The van der Waals surface area contributed by atoms with Crippen LogP contribution in [0.1, 0.15) is 25.5 Å². The van der Waals surface area contributed by atoms with Crippen LogP contribution in [-0.2, 0) is 0 Å². The number of nitrogens with zero attached hydrogens (tertiary/aromatic N) is 2. The first-order chi connectivity index (χ1) is 8.37. The summed E-state index contributed by atoms with van der Waals surface area (Å²) < 4.78 is 40.3. The Bertz CT molecular complexity index is 567. The van der Waals surface area contributed by atoms with E-state index >= 15 is 0 Å². The van der Waals surface area contributed by atoms with Gasteiger partial charge in [-0.2, -0.15) is 0 Å². The fourth-order valence-electron chi connectivity index (χ4n) is 1.71. The molecule has 0 atom stereocenters. The zero-order chi connectivity index (χ0) is 13.3. The van der Waals surface area contributed by atoms with E-state index in [1.165, 1.54) is 24.5 Å². The van der Waals surface area contributed by atoms with Crippen LogP contribution in [0.15, 0.2) is 24.5 Å². The zero-order valence-corrected chi connectivity index (χ0v) is 9.82. The van der Waals surface area contributed by atoms with Crippen LogP contribution >= 0.6 is 0 Å². The van der Waals surface area contributed by atoms with Crippen molar-refractivity contribution in [2.24, 2.45) is 0 Å². The molecule has 2 rings (SSSR count). The predicted octanol–water partition coefficient (Wildman–Crippen LogP) is 3.65. The lowest BCUT2D eigenvalue weighted by Crippen LogP contribution is -2.17. The van der Waals surface area contributed by atoms with Crippen molar-refractivity contribution in [3.8, 4) is 5.75 Å². The maximum atomic E-state index is 12.1. The van der Waals surface area contributed by atoms with Crippen LogP contribution in [0.5, 0.6) is 5.75 Å². The van der Waals surface area contributed by atoms with E-state index in [0.717, 1.165) is 0 Å². The monoisotopic (exact) mass is 256 g/mol. The Labute approximate surface area is 102 Å². The van der Waals surface area contributed by atoms with E-state index in [4.69, 9.17) is 0 Å². The molecular weight excluding hydrogens is 245 g/mol. The van der Waals surface area contributed by atoms with Crippen molar-refractivity contribution in [2.45, 2.75) is 26.1 Å². The number of alkyl halides is 3. The van der Waals surface area contributed by atoms with Gasteiger partial charge < -0.3 is 4.74 Å². The number of rotatable bonds is 2. The molecule has 0 amide bonds. The number of aromatic nitrogens is 2. The summed E-state index contributed by atoms with van der Waals surface area (Å²) in [5.41, 5.74) is 1.30. The highest BCUT2D eigenvalue weighted by molar-refractivity contribution is 5.82. The van der Waals surface area contributed by atoms with Crippen LogP contribution in [0.3, 0.4) is 0 Å². The summed E-state index contributed by atoms with van der Waals surface area (Å²) in [6.07, 6.45) is -3.29. The first-order valence-corrected chi connectivity index (χ1v) is 5.37. The lowest BCUT2D eigenvalue weighted by Gasteiger charge is -2.11. The van der Waals surface area contributed by atoms with Crippen LogP contribution in [0.4, 0.5) is 13.2 Å². The fourth-order valence-corrected chi connectivity index (χ4v) is 1.71. The Morgan fingerprint density at radius 1 is 1.17 bits per heavy atom. The second kappa shape index (κ2) is 4.44. The molecule has 1 aromatic heterocycles. The zero-order valence-electron chi connectivity index (χ0n) is 9.82. The van der Waals surface area contributed by atoms with Crippen molar-refractivity contribution >= 4 is 10.9 Å². The van der Waals surface area contributed by atoms with Gasteiger partial charge in [-0.1, -0.05) is 13.8 Å². The Morgan fingerprint density at radius 3 is 2.50 bits per heavy atom. The Morgan fingerprint density at radius 2 is 1.89 bits per heavy atom. The minimum atomic E-state index is -4.69. The van der Waals surface area contributed by atoms with Crippen LogP contribution < -0.4 is 4.74 Å². The number of benzene rings is 1. The molecule has 0 spiro atoms. The predicted molar refractivity (Wildman–Crippen MR) is 60.3 cm³/mol. The highest BCUT2D eigenvalue weighted by Gasteiger charge is 2.31. The van der Waals surface area contributed by atoms with Gasteiger partial charge in [0.05, 0.1) is 11.2 Å². The third-order valence-electron chi connectivity index (χ3n) is 2.42. The summed E-state index contributed by atoms with van der Waals surface area (Å²) in [5, 5.41) is 0.578. The van der Waals surface area contributed by atoms with E-state index in [2.05, 4.69) is 14.7 Å². The maximum absolute atomic E-state index is 12.1. The minimum absolute atomic E-state index is 0.0941. The largest absolute Gasteiger partial charge is 0.573 e. The number of halogens is 3. The molecule has 6 heteroatoms. The lowest BCUT2D eigenvalue weighted by molar-refractivity contribution is -0.274. The highest BCUT2D eigenvalue weighted by atomic mass is 19.4. The molecule has 0 aliphatic rings. The molecule has 3 nitrogen and oxygen atoms in total. The van der Waals surface area contributed by atoms with Crippen molar-refractivity contribution < 1.29 is 17.9 Å². The molecule has 0 saturated carbocycles. The molecule has 1 heterocycles. The van der Waals surface area contributed by atoms with Crippen LogP contribution in [-0.4, -0.2) is 16.3 Å². The molecule has 0 saturated heterocycles. The van der Waals surface area contributed by atoms with E-state index in [-0.39, 0.29) is 11.7 Å². The van der Waals surface area contributed by atoms with Gasteiger partial charge in [-0.15, -0.1) is 13.2 Å². The average Bonchev–Trinajstić information content (AvgIpc) is 2.25. The molecule has 2 aromatic rings. The van der Waals surface area contributed by atoms with Gasteiger partial charge >= 0.3 is 6.36 Å². The van der Waals surface area contributed by atoms with Gasteiger partial charge in [0.2, 0.25) is 0 Å². The summed E-state index contributed by atoms with van der Waals surface area (Å²) >= 11 is 0. The quantitative estimate of drug-likeness (QED) is 0.822. The summed E-state index contributed by atoms with van der Waals surface area (Å²) in [6.45, 7) is 3.83. The standard InChI is InChI=1S/C12H11F3N2O/c1-7(2)11-9-5-8(18-12(13,14)15)3-4-10(9)16-6-17-11/h3-7H,1-2H3. The number of ether oxygens (including phenoxy) is 1. The third kappa shape index (κ3) is 2.69. The maximum Gasteiger partial charge on any atom is 0.573 e. The molecule has 0 unspecified atom stereocenters. The van der Waals surface area contributed by atoms with Crippen LogP contribution in [0, 0.1) is 0 Å². The normalized spacial score (nSPS) is 12.1. The number of fused-ring (bicyclic) bond motifs is 1. The summed E-state index contributed by atoms with van der Waals surface area (Å²) in [6, 6.07) is 4.05. The second-order valence-electron chi connectivity index (χ2n) is 4.14. The molecule has 1 aromatic carbocycles. The molecular formula is C12H11F3N2O. The van der Waals surface area contributed by atoms with Crippen LogP contribution in [0.2, 0.25) is 0 Å². The first kappa shape index (κ1) is 12.6. The van der Waals surface area contributed by atoms with Gasteiger partial charge in [-0.3, -0.25) is 0 Å². The van der Waals surface area contributed by atoms with Crippen molar-refractivity contribution in [3.63, 3.8) is 0 Å². The SMILES string of the molecule is CC(C)c1ncnc2ccc(OC(F)(F)F)cc12. The van der Waals surface area contributed by atoms with Gasteiger partial charge in [0.15, 0.2) is 0 Å². The van der Waals surface area contributed by atoms with E-state index in [9.17, 15) is 13.2 Å². The molecule has 0 radical (unpaired) electrons. The molecule has 0 aliphatic heterocycles.